The normalized spacial score (nSPS) is 13.1. The summed E-state index contributed by atoms with van der Waals surface area (Å²) in [6.07, 6.45) is 0. The van der Waals surface area contributed by atoms with E-state index >= 15 is 0 Å². The molecule has 0 atom stereocenters. The summed E-state index contributed by atoms with van der Waals surface area (Å²) >= 11 is 1.16. The van der Waals surface area contributed by atoms with Crippen molar-refractivity contribution in [2.45, 2.75) is 6.54 Å². The molecule has 0 radical (unpaired) electrons. The molecule has 0 bridgehead atoms. The average Bonchev–Trinajstić information content (AvgIpc) is 3.57. The first-order chi connectivity index (χ1) is 17.2. The van der Waals surface area contributed by atoms with Gasteiger partial charge in [0.1, 0.15) is 35.5 Å². The van der Waals surface area contributed by atoms with E-state index in [0.717, 1.165) is 39.2 Å². The van der Waals surface area contributed by atoms with E-state index in [1.165, 1.54) is 0 Å². The van der Waals surface area contributed by atoms with E-state index in [1.54, 1.807) is 0 Å². The van der Waals surface area contributed by atoms with Gasteiger partial charge in [0.05, 0.1) is 22.8 Å². The minimum absolute atomic E-state index is 0.151. The van der Waals surface area contributed by atoms with Crippen LogP contribution < -0.4 is 9.47 Å². The molecule has 172 valence electrons. The summed E-state index contributed by atoms with van der Waals surface area (Å²) in [7, 11) is 0. The Balaban J connectivity index is 1.51. The number of carboxylic acid groups (broad SMARTS) is 1. The third-order valence-electron chi connectivity index (χ3n) is 6.27. The fraction of sp³-hybridized carbons (Fsp3) is 0.115. The zero-order valence-corrected chi connectivity index (χ0v) is 19.0. The van der Waals surface area contributed by atoms with E-state index in [0.29, 0.717) is 53.6 Å². The van der Waals surface area contributed by atoms with Gasteiger partial charge in [0.25, 0.3) is 0 Å². The summed E-state index contributed by atoms with van der Waals surface area (Å²) in [4.78, 5) is 12.7. The van der Waals surface area contributed by atoms with Crippen LogP contribution >= 0.6 is 11.7 Å². The second kappa shape index (κ2) is 7.57. The van der Waals surface area contributed by atoms with Crippen LogP contribution in [0.25, 0.3) is 44.2 Å². The molecule has 8 nitrogen and oxygen atoms in total. The van der Waals surface area contributed by atoms with Crippen LogP contribution in [0.1, 0.15) is 16.1 Å². The van der Waals surface area contributed by atoms with Crippen molar-refractivity contribution < 1.29 is 23.8 Å². The van der Waals surface area contributed by atoms with Crippen LogP contribution in [0.15, 0.2) is 65.1 Å². The predicted molar refractivity (Wildman–Crippen MR) is 132 cm³/mol. The third kappa shape index (κ3) is 3.08. The van der Waals surface area contributed by atoms with Crippen molar-refractivity contribution in [3.8, 4) is 22.6 Å². The minimum atomic E-state index is -1.04. The van der Waals surface area contributed by atoms with Gasteiger partial charge in [-0.05, 0) is 47.5 Å². The number of carboxylic acids is 1. The molecule has 0 saturated carbocycles. The number of furan rings is 1. The van der Waals surface area contributed by atoms with Gasteiger partial charge in [-0.25, -0.2) is 4.79 Å². The van der Waals surface area contributed by atoms with Gasteiger partial charge in [0, 0.05) is 11.9 Å². The maximum absolute atomic E-state index is 12.7. The zero-order valence-electron chi connectivity index (χ0n) is 18.2. The maximum atomic E-state index is 12.7. The highest BCUT2D eigenvalue weighted by atomic mass is 32.1. The Morgan fingerprint density at radius 2 is 1.80 bits per heavy atom. The molecule has 0 aliphatic carbocycles. The molecule has 4 heterocycles. The Hall–Kier alpha value is -4.37. The number of carbonyl (C=O) groups is 1. The fourth-order valence-corrected chi connectivity index (χ4v) is 5.30. The van der Waals surface area contributed by atoms with Crippen molar-refractivity contribution >= 4 is 50.8 Å². The average molecular weight is 484 g/mol. The fourth-order valence-electron chi connectivity index (χ4n) is 4.78. The lowest BCUT2D eigenvalue weighted by Gasteiger charge is -2.19. The Labute approximate surface area is 202 Å². The number of hydrogen-bond acceptors (Lipinski definition) is 7. The van der Waals surface area contributed by atoms with Crippen LogP contribution in [-0.4, -0.2) is 37.6 Å². The lowest BCUT2D eigenvalue weighted by atomic mass is 10.0. The van der Waals surface area contributed by atoms with Crippen molar-refractivity contribution in [1.82, 2.24) is 13.3 Å². The van der Waals surface area contributed by atoms with E-state index in [1.807, 2.05) is 65.2 Å². The number of para-hydroxylation sites is 1. The van der Waals surface area contributed by atoms with E-state index in [4.69, 9.17) is 13.9 Å². The quantitative estimate of drug-likeness (QED) is 0.350. The molecule has 35 heavy (non-hydrogen) atoms. The molecule has 6 aromatic rings. The van der Waals surface area contributed by atoms with Gasteiger partial charge in [-0.1, -0.05) is 24.3 Å². The van der Waals surface area contributed by atoms with Gasteiger partial charge in [-0.2, -0.15) is 8.75 Å². The Morgan fingerprint density at radius 1 is 0.971 bits per heavy atom. The molecule has 3 aromatic heterocycles. The number of rotatable bonds is 4. The van der Waals surface area contributed by atoms with Gasteiger partial charge >= 0.3 is 5.97 Å². The lowest BCUT2D eigenvalue weighted by molar-refractivity contribution is 0.0687. The summed E-state index contributed by atoms with van der Waals surface area (Å²) in [5.74, 6) is 0.188. The molecule has 0 amide bonds. The SMILES string of the molecule is O=C(O)c1c(-c2ccc3c(c2)OCCO3)c2oc3ccccc3c2n1Cc1ccc2nsnc2c1. The molecule has 0 fully saturated rings. The molecular formula is C26H17N3O5S. The van der Waals surface area contributed by atoms with Crippen molar-refractivity contribution in [3.63, 3.8) is 0 Å². The van der Waals surface area contributed by atoms with Gasteiger partial charge in [0.2, 0.25) is 0 Å². The Kier molecular flexibility index (Phi) is 4.34. The molecule has 1 aliphatic rings. The summed E-state index contributed by atoms with van der Waals surface area (Å²) < 4.78 is 28.1. The lowest BCUT2D eigenvalue weighted by Crippen LogP contribution is -2.15. The van der Waals surface area contributed by atoms with E-state index in [-0.39, 0.29) is 5.69 Å². The smallest absolute Gasteiger partial charge is 0.353 e. The second-order valence-corrected chi connectivity index (χ2v) is 8.87. The molecule has 3 aromatic carbocycles. The predicted octanol–water partition coefficient (Wildman–Crippen LogP) is 5.58. The largest absolute Gasteiger partial charge is 0.486 e. The highest BCUT2D eigenvalue weighted by Gasteiger charge is 2.29. The summed E-state index contributed by atoms with van der Waals surface area (Å²) in [5, 5.41) is 11.3. The van der Waals surface area contributed by atoms with Crippen LogP contribution in [-0.2, 0) is 6.54 Å². The molecule has 1 N–H and O–H groups in total. The number of nitrogens with zero attached hydrogens (tertiary/aromatic N) is 3. The van der Waals surface area contributed by atoms with Crippen LogP contribution in [0.2, 0.25) is 0 Å². The maximum Gasteiger partial charge on any atom is 0.353 e. The molecule has 1 aliphatic heterocycles. The van der Waals surface area contributed by atoms with Crippen LogP contribution in [0.3, 0.4) is 0 Å². The molecule has 7 rings (SSSR count). The van der Waals surface area contributed by atoms with Crippen molar-refractivity contribution in [3.05, 3.63) is 71.9 Å². The summed E-state index contributed by atoms with van der Waals surface area (Å²) in [6.45, 7) is 1.26. The molecular weight excluding hydrogens is 466 g/mol. The number of fused-ring (bicyclic) bond motifs is 5. The number of ether oxygens (including phenoxy) is 2. The summed E-state index contributed by atoms with van der Waals surface area (Å²) in [5.41, 5.74) is 5.83. The monoisotopic (exact) mass is 483 g/mol. The number of aromatic carboxylic acids is 1. The van der Waals surface area contributed by atoms with Crippen molar-refractivity contribution in [2.24, 2.45) is 0 Å². The molecule has 0 spiro atoms. The highest BCUT2D eigenvalue weighted by molar-refractivity contribution is 7.00. The van der Waals surface area contributed by atoms with Gasteiger partial charge in [0.15, 0.2) is 17.1 Å². The first kappa shape index (κ1) is 20.0. The van der Waals surface area contributed by atoms with E-state index in [9.17, 15) is 9.90 Å². The van der Waals surface area contributed by atoms with Crippen LogP contribution in [0.4, 0.5) is 0 Å². The molecule has 0 unspecified atom stereocenters. The topological polar surface area (TPSA) is 99.6 Å². The first-order valence-corrected chi connectivity index (χ1v) is 11.8. The van der Waals surface area contributed by atoms with Crippen molar-refractivity contribution in [1.29, 1.82) is 0 Å². The Morgan fingerprint density at radius 3 is 2.69 bits per heavy atom. The highest BCUT2D eigenvalue weighted by Crippen LogP contribution is 2.43. The number of aromatic nitrogens is 3. The number of benzene rings is 3. The number of hydrogen-bond donors (Lipinski definition) is 1. The minimum Gasteiger partial charge on any atom is -0.486 e. The zero-order chi connectivity index (χ0) is 23.5. The molecule has 9 heteroatoms. The van der Waals surface area contributed by atoms with Crippen LogP contribution in [0.5, 0.6) is 11.5 Å². The van der Waals surface area contributed by atoms with Crippen molar-refractivity contribution in [2.75, 3.05) is 13.2 Å². The third-order valence-corrected chi connectivity index (χ3v) is 6.82. The molecule has 0 saturated heterocycles. The van der Waals surface area contributed by atoms with Gasteiger partial charge in [-0.3, -0.25) is 0 Å². The summed E-state index contributed by atoms with van der Waals surface area (Å²) in [6, 6.07) is 18.9. The van der Waals surface area contributed by atoms with Gasteiger partial charge < -0.3 is 23.6 Å². The van der Waals surface area contributed by atoms with E-state index < -0.39 is 5.97 Å². The standard InChI is InChI=1S/C26H17N3O5S/c30-26(31)24-22(15-6-8-20-21(12-15)33-10-9-32-20)25-23(16-3-1-2-4-19(16)34-25)29(24)13-14-5-7-17-18(11-14)28-35-27-17/h1-8,11-12H,9-10,13H2,(H,30,31). The second-order valence-electron chi connectivity index (χ2n) is 8.34. The van der Waals surface area contributed by atoms with Crippen LogP contribution in [0, 0.1) is 0 Å². The van der Waals surface area contributed by atoms with Gasteiger partial charge in [-0.15, -0.1) is 0 Å². The van der Waals surface area contributed by atoms with E-state index in [2.05, 4.69) is 8.75 Å². The first-order valence-electron chi connectivity index (χ1n) is 11.1. The Bertz CT molecular complexity index is 1780.